The maximum absolute atomic E-state index is 11.8. The van der Waals surface area contributed by atoms with Crippen LogP contribution in [0.15, 0.2) is 17.0 Å². The van der Waals surface area contributed by atoms with E-state index in [0.29, 0.717) is 4.90 Å². The lowest BCUT2D eigenvalue weighted by Crippen LogP contribution is -2.38. The topological polar surface area (TPSA) is 46.3 Å². The van der Waals surface area contributed by atoms with Crippen LogP contribution in [0.25, 0.3) is 0 Å². The van der Waals surface area contributed by atoms with Crippen molar-refractivity contribution in [3.63, 3.8) is 0 Å². The molecule has 0 fully saturated rings. The van der Waals surface area contributed by atoms with E-state index in [1.807, 2.05) is 0 Å². The van der Waals surface area contributed by atoms with Gasteiger partial charge < -0.3 is 9.42 Å². The summed E-state index contributed by atoms with van der Waals surface area (Å²) in [5.41, 5.74) is -0.0395. The summed E-state index contributed by atoms with van der Waals surface area (Å²) in [6.07, 6.45) is -2.92. The molecule has 0 aliphatic rings. The Bertz CT molecular complexity index is 293. The number of anilines is 1. The second kappa shape index (κ2) is 3.08. The molecule has 0 saturated carbocycles. The zero-order valence-electron chi connectivity index (χ0n) is 6.50. The van der Waals surface area contributed by atoms with Crippen molar-refractivity contribution in [3.8, 4) is 0 Å². The lowest BCUT2D eigenvalue weighted by molar-refractivity contribution is -0.170. The van der Waals surface area contributed by atoms with Gasteiger partial charge in [0.25, 0.3) is 0 Å². The zero-order chi connectivity index (χ0) is 10.1. The van der Waals surface area contributed by atoms with E-state index >= 15 is 0 Å². The van der Waals surface area contributed by atoms with Crippen LogP contribution in [0.2, 0.25) is 0 Å². The molecule has 4 nitrogen and oxygen atoms in total. The quantitative estimate of drug-likeness (QED) is 0.674. The summed E-state index contributed by atoms with van der Waals surface area (Å²) in [6.45, 7) is 0. The minimum atomic E-state index is -4.88. The number of amides is 1. The zero-order valence-corrected chi connectivity index (χ0v) is 6.50. The number of nitrogens with zero attached hydrogens (tertiary/aromatic N) is 2. The molecule has 7 heteroatoms. The fraction of sp³-hybridized carbons (Fsp3) is 0.333. The van der Waals surface area contributed by atoms with Crippen LogP contribution in [0, 0.1) is 0 Å². The third-order valence-corrected chi connectivity index (χ3v) is 1.35. The second-order valence-corrected chi connectivity index (χ2v) is 2.24. The van der Waals surface area contributed by atoms with Crippen molar-refractivity contribution < 1.29 is 22.5 Å². The van der Waals surface area contributed by atoms with Crippen molar-refractivity contribution in [1.82, 2.24) is 5.16 Å². The molecule has 0 unspecified atom stereocenters. The van der Waals surface area contributed by atoms with Crippen LogP contribution in [0.1, 0.15) is 0 Å². The number of aromatic nitrogens is 1. The fourth-order valence-electron chi connectivity index (χ4n) is 0.672. The highest BCUT2D eigenvalue weighted by Gasteiger charge is 2.41. The smallest absolute Gasteiger partial charge is 0.363 e. The van der Waals surface area contributed by atoms with Gasteiger partial charge in [-0.3, -0.25) is 4.79 Å². The predicted octanol–water partition coefficient (Wildman–Crippen LogP) is 1.20. The molecule has 0 N–H and O–H groups in total. The normalized spacial score (nSPS) is 11.4. The molecule has 1 rings (SSSR count). The van der Waals surface area contributed by atoms with Gasteiger partial charge in [0.15, 0.2) is 0 Å². The van der Waals surface area contributed by atoms with Crippen LogP contribution in [-0.4, -0.2) is 24.3 Å². The van der Waals surface area contributed by atoms with E-state index in [4.69, 9.17) is 0 Å². The van der Waals surface area contributed by atoms with E-state index in [0.717, 1.165) is 19.5 Å². The van der Waals surface area contributed by atoms with Crippen LogP contribution in [0.3, 0.4) is 0 Å². The predicted molar refractivity (Wildman–Crippen MR) is 36.0 cm³/mol. The number of carbonyl (C=O) groups excluding carboxylic acids is 1. The molecule has 1 heterocycles. The first kappa shape index (κ1) is 9.56. The maximum atomic E-state index is 11.8. The number of halogens is 3. The summed E-state index contributed by atoms with van der Waals surface area (Å²) in [6, 6.07) is 0. The molecule has 0 radical (unpaired) electrons. The van der Waals surface area contributed by atoms with Crippen LogP contribution >= 0.6 is 0 Å². The number of hydrogen-bond donors (Lipinski definition) is 0. The molecule has 13 heavy (non-hydrogen) atoms. The Labute approximate surface area is 70.9 Å². The summed E-state index contributed by atoms with van der Waals surface area (Å²) in [7, 11) is 0.988. The van der Waals surface area contributed by atoms with E-state index < -0.39 is 12.1 Å². The van der Waals surface area contributed by atoms with Crippen molar-refractivity contribution in [2.45, 2.75) is 6.18 Å². The Kier molecular flexibility index (Phi) is 2.26. The SMILES string of the molecule is CN(C(=O)C(F)(F)F)c1cnoc1. The maximum Gasteiger partial charge on any atom is 0.471 e. The number of rotatable bonds is 1. The molecule has 0 atom stereocenters. The average molecular weight is 194 g/mol. The summed E-state index contributed by atoms with van der Waals surface area (Å²) < 4.78 is 39.8. The van der Waals surface area contributed by atoms with Crippen LogP contribution in [-0.2, 0) is 4.79 Å². The highest BCUT2D eigenvalue weighted by molar-refractivity contribution is 5.96. The van der Waals surface area contributed by atoms with Crippen molar-refractivity contribution in [1.29, 1.82) is 0 Å². The monoisotopic (exact) mass is 194 g/mol. The lowest BCUT2D eigenvalue weighted by atomic mass is 10.4. The van der Waals surface area contributed by atoms with Crippen molar-refractivity contribution in [2.24, 2.45) is 0 Å². The third-order valence-electron chi connectivity index (χ3n) is 1.35. The first-order valence-corrected chi connectivity index (χ1v) is 3.17. The van der Waals surface area contributed by atoms with Gasteiger partial charge in [0.1, 0.15) is 12.0 Å². The molecule has 1 aromatic heterocycles. The van der Waals surface area contributed by atoms with Crippen molar-refractivity contribution in [3.05, 3.63) is 12.5 Å². The highest BCUT2D eigenvalue weighted by Crippen LogP contribution is 2.21. The Morgan fingerprint density at radius 1 is 1.62 bits per heavy atom. The van der Waals surface area contributed by atoms with Gasteiger partial charge >= 0.3 is 12.1 Å². The van der Waals surface area contributed by atoms with Gasteiger partial charge in [0, 0.05) is 7.05 Å². The molecule has 1 aromatic rings. The van der Waals surface area contributed by atoms with E-state index in [9.17, 15) is 18.0 Å². The largest absolute Gasteiger partial charge is 0.471 e. The van der Waals surface area contributed by atoms with Gasteiger partial charge in [-0.2, -0.15) is 13.2 Å². The summed E-state index contributed by atoms with van der Waals surface area (Å²) in [4.78, 5) is 11.0. The Hall–Kier alpha value is -1.53. The van der Waals surface area contributed by atoms with Crippen LogP contribution in [0.5, 0.6) is 0 Å². The van der Waals surface area contributed by atoms with E-state index in [1.54, 1.807) is 0 Å². The molecule has 0 aliphatic carbocycles. The van der Waals surface area contributed by atoms with Crippen LogP contribution in [0.4, 0.5) is 18.9 Å². The Balaban J connectivity index is 2.81. The van der Waals surface area contributed by atoms with Gasteiger partial charge in [0.2, 0.25) is 0 Å². The molecule has 0 aliphatic heterocycles. The van der Waals surface area contributed by atoms with Crippen LogP contribution < -0.4 is 4.90 Å². The minimum absolute atomic E-state index is 0.0395. The standard InChI is InChI=1S/C6H5F3N2O2/c1-11(4-2-10-13-3-4)5(12)6(7,8)9/h2-3H,1H3. The highest BCUT2D eigenvalue weighted by atomic mass is 19.4. The number of carbonyl (C=O) groups is 1. The van der Waals surface area contributed by atoms with Crippen molar-refractivity contribution >= 4 is 11.6 Å². The fourth-order valence-corrected chi connectivity index (χ4v) is 0.672. The molecule has 0 spiro atoms. The van der Waals surface area contributed by atoms with E-state index in [1.165, 1.54) is 0 Å². The van der Waals surface area contributed by atoms with Gasteiger partial charge in [-0.1, -0.05) is 5.16 Å². The summed E-state index contributed by atoms with van der Waals surface area (Å²) >= 11 is 0. The average Bonchev–Trinajstić information content (AvgIpc) is 2.51. The molecule has 72 valence electrons. The summed E-state index contributed by atoms with van der Waals surface area (Å²) in [5.74, 6) is -1.96. The molecule has 0 aromatic carbocycles. The second-order valence-electron chi connectivity index (χ2n) is 2.24. The first-order chi connectivity index (χ1) is 5.93. The Morgan fingerprint density at radius 2 is 2.23 bits per heavy atom. The van der Waals surface area contributed by atoms with Gasteiger partial charge in [-0.15, -0.1) is 0 Å². The van der Waals surface area contributed by atoms with Gasteiger partial charge in [-0.25, -0.2) is 0 Å². The molecule has 0 bridgehead atoms. The molecular formula is C6H5F3N2O2. The van der Waals surface area contributed by atoms with E-state index in [2.05, 4.69) is 9.68 Å². The number of hydrogen-bond acceptors (Lipinski definition) is 3. The molecule has 1 amide bonds. The van der Waals surface area contributed by atoms with Crippen molar-refractivity contribution in [2.75, 3.05) is 11.9 Å². The minimum Gasteiger partial charge on any atom is -0.363 e. The lowest BCUT2D eigenvalue weighted by Gasteiger charge is -2.15. The third kappa shape index (κ3) is 1.98. The Morgan fingerprint density at radius 3 is 2.62 bits per heavy atom. The first-order valence-electron chi connectivity index (χ1n) is 3.17. The van der Waals surface area contributed by atoms with E-state index in [-0.39, 0.29) is 5.69 Å². The van der Waals surface area contributed by atoms with Gasteiger partial charge in [0.05, 0.1) is 6.20 Å². The number of alkyl halides is 3. The summed E-state index contributed by atoms with van der Waals surface area (Å²) in [5, 5.41) is 3.17. The van der Waals surface area contributed by atoms with Gasteiger partial charge in [-0.05, 0) is 0 Å². The molecule has 0 saturated heterocycles. The molecular weight excluding hydrogens is 189 g/mol.